The summed E-state index contributed by atoms with van der Waals surface area (Å²) in [5.41, 5.74) is 0. The summed E-state index contributed by atoms with van der Waals surface area (Å²) in [5, 5.41) is 0. The first kappa shape index (κ1) is 18.5. The number of ether oxygens (including phenoxy) is 3. The Morgan fingerprint density at radius 2 is 1.83 bits per heavy atom. The average Bonchev–Trinajstić information content (AvgIpc) is 2.60. The van der Waals surface area contributed by atoms with Crippen LogP contribution in [0.3, 0.4) is 0 Å². The Balaban J connectivity index is 2.13. The van der Waals surface area contributed by atoms with Crippen LogP contribution < -0.4 is 14.2 Å². The lowest BCUT2D eigenvalue weighted by atomic mass is 10.3. The van der Waals surface area contributed by atoms with Gasteiger partial charge in [-0.05, 0) is 19.1 Å². The summed E-state index contributed by atoms with van der Waals surface area (Å²) >= 11 is 0. The zero-order valence-electron chi connectivity index (χ0n) is 13.9. The van der Waals surface area contributed by atoms with Crippen LogP contribution in [0.25, 0.3) is 0 Å². The fourth-order valence-corrected chi connectivity index (χ4v) is 3.60. The Morgan fingerprint density at radius 3 is 2.42 bits per heavy atom. The van der Waals surface area contributed by atoms with E-state index < -0.39 is 16.1 Å². The van der Waals surface area contributed by atoms with Crippen molar-refractivity contribution in [3.05, 3.63) is 18.2 Å². The minimum absolute atomic E-state index is 0.00165. The van der Waals surface area contributed by atoms with Gasteiger partial charge in [-0.15, -0.1) is 0 Å². The van der Waals surface area contributed by atoms with Gasteiger partial charge in [0, 0.05) is 19.2 Å². The fraction of sp³-hybridized carbons (Fsp3) is 0.533. The van der Waals surface area contributed by atoms with Crippen molar-refractivity contribution in [3.63, 3.8) is 0 Å². The Bertz CT molecular complexity index is 685. The number of morpholine rings is 1. The topological polar surface area (TPSA) is 94.2 Å². The van der Waals surface area contributed by atoms with Gasteiger partial charge < -0.3 is 19.1 Å². The third kappa shape index (κ3) is 4.16. The lowest BCUT2D eigenvalue weighted by Gasteiger charge is -2.29. The predicted molar refractivity (Wildman–Crippen MR) is 86.7 cm³/mol. The molecule has 0 spiro atoms. The molecule has 1 heterocycles. The molecule has 1 atom stereocenters. The Labute approximate surface area is 141 Å². The van der Waals surface area contributed by atoms with Gasteiger partial charge in [0.05, 0.1) is 38.4 Å². The fourth-order valence-electron chi connectivity index (χ4n) is 2.39. The van der Waals surface area contributed by atoms with E-state index in [0.29, 0.717) is 37.8 Å². The van der Waals surface area contributed by atoms with Gasteiger partial charge >= 0.3 is 0 Å². The molecule has 9 heteroatoms. The van der Waals surface area contributed by atoms with Crippen LogP contribution in [-0.4, -0.2) is 65.8 Å². The molecule has 134 valence electrons. The highest BCUT2D eigenvalue weighted by atomic mass is 32.2. The second-order valence-electron chi connectivity index (χ2n) is 5.30. The molecular formula is C15H22N2O6S. The molecule has 0 saturated carbocycles. The van der Waals surface area contributed by atoms with Crippen molar-refractivity contribution in [3.8, 4) is 11.5 Å². The summed E-state index contributed by atoms with van der Waals surface area (Å²) in [5.74, 6) is 0.448. The summed E-state index contributed by atoms with van der Waals surface area (Å²) in [4.78, 5) is 13.9. The first-order valence-corrected chi connectivity index (χ1v) is 8.98. The molecule has 1 aromatic carbocycles. The van der Waals surface area contributed by atoms with E-state index in [-0.39, 0.29) is 10.8 Å². The number of nitrogens with one attached hydrogen (secondary N) is 1. The number of hydrogen-bond acceptors (Lipinski definition) is 6. The van der Waals surface area contributed by atoms with Crippen molar-refractivity contribution in [2.24, 2.45) is 0 Å². The van der Waals surface area contributed by atoms with Crippen LogP contribution in [0.15, 0.2) is 23.1 Å². The highest BCUT2D eigenvalue weighted by Crippen LogP contribution is 2.29. The molecule has 1 saturated heterocycles. The van der Waals surface area contributed by atoms with Crippen LogP contribution in [0.1, 0.15) is 6.92 Å². The number of rotatable bonds is 6. The minimum Gasteiger partial charge on any atom is -0.493 e. The monoisotopic (exact) mass is 358 g/mol. The van der Waals surface area contributed by atoms with Crippen molar-refractivity contribution in [1.82, 2.24) is 9.62 Å². The van der Waals surface area contributed by atoms with Crippen LogP contribution >= 0.6 is 0 Å². The van der Waals surface area contributed by atoms with Crippen LogP contribution in [-0.2, 0) is 19.6 Å². The SMILES string of the molecule is COc1ccc(S(=O)(=O)N[C@@H](C)C(=O)N2CCOCC2)cc1OC. The molecule has 1 N–H and O–H groups in total. The summed E-state index contributed by atoms with van der Waals surface area (Å²) in [7, 11) is -0.977. The normalized spacial score (nSPS) is 16.5. The van der Waals surface area contributed by atoms with E-state index in [2.05, 4.69) is 4.72 Å². The second kappa shape index (κ2) is 7.82. The third-order valence-corrected chi connectivity index (χ3v) is 5.23. The number of nitrogens with zero attached hydrogens (tertiary/aromatic N) is 1. The average molecular weight is 358 g/mol. The lowest BCUT2D eigenvalue weighted by molar-refractivity contribution is -0.136. The van der Waals surface area contributed by atoms with Gasteiger partial charge in [0.25, 0.3) is 0 Å². The van der Waals surface area contributed by atoms with Crippen LogP contribution in [0.5, 0.6) is 11.5 Å². The molecule has 0 aliphatic carbocycles. The quantitative estimate of drug-likeness (QED) is 0.782. The Hall–Kier alpha value is -1.84. The minimum atomic E-state index is -3.87. The molecule has 2 rings (SSSR count). The molecule has 1 fully saturated rings. The van der Waals surface area contributed by atoms with E-state index in [1.54, 1.807) is 4.90 Å². The van der Waals surface area contributed by atoms with Crippen LogP contribution in [0.4, 0.5) is 0 Å². The van der Waals surface area contributed by atoms with Gasteiger partial charge in [-0.2, -0.15) is 4.72 Å². The highest BCUT2D eigenvalue weighted by Gasteiger charge is 2.27. The maximum absolute atomic E-state index is 12.5. The van der Waals surface area contributed by atoms with Gasteiger partial charge in [0.2, 0.25) is 15.9 Å². The number of amides is 1. The highest BCUT2D eigenvalue weighted by molar-refractivity contribution is 7.89. The van der Waals surface area contributed by atoms with Crippen molar-refractivity contribution in [2.75, 3.05) is 40.5 Å². The number of sulfonamides is 1. The van der Waals surface area contributed by atoms with E-state index in [0.717, 1.165) is 0 Å². The molecule has 0 unspecified atom stereocenters. The van der Waals surface area contributed by atoms with E-state index in [1.807, 2.05) is 0 Å². The van der Waals surface area contributed by atoms with Crippen molar-refractivity contribution < 1.29 is 27.4 Å². The molecule has 1 amide bonds. The molecule has 0 bridgehead atoms. The summed E-state index contributed by atoms with van der Waals surface area (Å²) in [6.07, 6.45) is 0. The maximum Gasteiger partial charge on any atom is 0.241 e. The van der Waals surface area contributed by atoms with Crippen molar-refractivity contribution in [1.29, 1.82) is 0 Å². The predicted octanol–water partition coefficient (Wildman–Crippen LogP) is 0.229. The van der Waals surface area contributed by atoms with E-state index in [4.69, 9.17) is 14.2 Å². The van der Waals surface area contributed by atoms with Crippen molar-refractivity contribution >= 4 is 15.9 Å². The van der Waals surface area contributed by atoms with E-state index in [1.165, 1.54) is 39.3 Å². The second-order valence-corrected chi connectivity index (χ2v) is 7.01. The van der Waals surface area contributed by atoms with E-state index >= 15 is 0 Å². The van der Waals surface area contributed by atoms with Gasteiger partial charge in [-0.3, -0.25) is 4.79 Å². The zero-order chi connectivity index (χ0) is 17.7. The standard InChI is InChI=1S/C15H22N2O6S/c1-11(15(18)17-6-8-23-9-7-17)16-24(19,20)12-4-5-13(21-2)14(10-12)22-3/h4-5,10-11,16H,6-9H2,1-3H3/t11-/m0/s1. The number of carbonyl (C=O) groups excluding carboxylic acids is 1. The largest absolute Gasteiger partial charge is 0.493 e. The zero-order valence-corrected chi connectivity index (χ0v) is 14.8. The lowest BCUT2D eigenvalue weighted by Crippen LogP contribution is -2.50. The summed E-state index contributed by atoms with van der Waals surface area (Å²) in [6.45, 7) is 3.36. The molecule has 0 radical (unpaired) electrons. The molecule has 8 nitrogen and oxygen atoms in total. The Kier molecular flexibility index (Phi) is 6.03. The number of hydrogen-bond donors (Lipinski definition) is 1. The number of methoxy groups -OCH3 is 2. The summed E-state index contributed by atoms with van der Waals surface area (Å²) in [6, 6.07) is 3.38. The first-order chi connectivity index (χ1) is 11.4. The molecular weight excluding hydrogens is 336 g/mol. The number of benzene rings is 1. The van der Waals surface area contributed by atoms with Crippen LogP contribution in [0, 0.1) is 0 Å². The Morgan fingerprint density at radius 1 is 1.21 bits per heavy atom. The molecule has 24 heavy (non-hydrogen) atoms. The first-order valence-electron chi connectivity index (χ1n) is 7.50. The van der Waals surface area contributed by atoms with E-state index in [9.17, 15) is 13.2 Å². The smallest absolute Gasteiger partial charge is 0.241 e. The molecule has 1 aromatic rings. The van der Waals surface area contributed by atoms with Gasteiger partial charge in [0.1, 0.15) is 0 Å². The molecule has 1 aliphatic heterocycles. The van der Waals surface area contributed by atoms with Gasteiger partial charge in [-0.25, -0.2) is 8.42 Å². The van der Waals surface area contributed by atoms with Crippen LogP contribution in [0.2, 0.25) is 0 Å². The third-order valence-electron chi connectivity index (χ3n) is 3.69. The maximum atomic E-state index is 12.5. The molecule has 1 aliphatic rings. The number of carbonyl (C=O) groups is 1. The molecule has 0 aromatic heterocycles. The summed E-state index contributed by atoms with van der Waals surface area (Å²) < 4.78 is 42.8. The van der Waals surface area contributed by atoms with Crippen molar-refractivity contribution in [2.45, 2.75) is 17.9 Å². The van der Waals surface area contributed by atoms with Gasteiger partial charge in [-0.1, -0.05) is 0 Å². The van der Waals surface area contributed by atoms with Gasteiger partial charge in [0.15, 0.2) is 11.5 Å².